The van der Waals surface area contributed by atoms with Gasteiger partial charge in [0.2, 0.25) is 0 Å². The summed E-state index contributed by atoms with van der Waals surface area (Å²) in [6.07, 6.45) is 15.4. The minimum atomic E-state index is 0. The van der Waals surface area contributed by atoms with Crippen molar-refractivity contribution in [3.8, 4) is 0 Å². The lowest BCUT2D eigenvalue weighted by molar-refractivity contribution is -0.106. The molecule has 0 saturated heterocycles. The number of carbonyl (C=O) groups excluding carboxylic acids is 1. The van der Waals surface area contributed by atoms with Crippen LogP contribution in [0.1, 0.15) is 194 Å². The lowest BCUT2D eigenvalue weighted by Gasteiger charge is -2.35. The van der Waals surface area contributed by atoms with Crippen LogP contribution in [0.5, 0.6) is 0 Å². The smallest absolute Gasteiger partial charge is 0.132 e. The van der Waals surface area contributed by atoms with E-state index in [-0.39, 0.29) is 69.6 Å². The third kappa shape index (κ3) is 17.5. The number of halogens is 2. The monoisotopic (exact) mass is 1050 g/mol. The van der Waals surface area contributed by atoms with Crippen molar-refractivity contribution in [2.75, 3.05) is 20.6 Å². The molecule has 2 heterocycles. The summed E-state index contributed by atoms with van der Waals surface area (Å²) in [5, 5.41) is 0. The van der Waals surface area contributed by atoms with Crippen LogP contribution in [-0.4, -0.2) is 51.8 Å². The molecule has 0 N–H and O–H groups in total. The predicted molar refractivity (Wildman–Crippen MR) is 281 cm³/mol. The van der Waals surface area contributed by atoms with Crippen molar-refractivity contribution in [2.45, 2.75) is 183 Å². The van der Waals surface area contributed by atoms with E-state index in [1.807, 2.05) is 0 Å². The summed E-state index contributed by atoms with van der Waals surface area (Å²) in [4.78, 5) is 30.7. The Balaban J connectivity index is 0. The van der Waals surface area contributed by atoms with Crippen LogP contribution in [0.4, 0.5) is 0 Å². The molecule has 0 aliphatic rings. The first-order valence-electron chi connectivity index (χ1n) is 22.4. The van der Waals surface area contributed by atoms with Crippen molar-refractivity contribution in [1.29, 1.82) is 0 Å². The number of hydrogen-bond donors (Lipinski definition) is 0. The molecule has 0 aliphatic heterocycles. The summed E-state index contributed by atoms with van der Waals surface area (Å²) in [6, 6.07) is 21.0. The molecular formula is C52H85I2N5O. The number of nitrogens with zero attached hydrogens (tertiary/aromatic N) is 5. The van der Waals surface area contributed by atoms with Gasteiger partial charge in [-0.25, -0.2) is 19.9 Å². The third-order valence-electron chi connectivity index (χ3n) is 13.4. The molecule has 0 amide bonds. The SMILES string of the molecule is CC=O.CCC(C)(CC)c1cnc(Cc2ccccc2)nc1C(C)(CC)CC.CCC(C)(CC)c1cnc(Cc2ccccc2)nc1C(C)(CC)CC.CCN(C)C.I.I. The van der Waals surface area contributed by atoms with Gasteiger partial charge in [-0.1, -0.05) is 151 Å². The fourth-order valence-corrected chi connectivity index (χ4v) is 6.80. The molecule has 4 rings (SSSR count). The Morgan fingerprint density at radius 1 is 0.500 bits per heavy atom. The highest BCUT2D eigenvalue weighted by atomic mass is 127. The van der Waals surface area contributed by atoms with Crippen LogP contribution in [0.3, 0.4) is 0 Å². The third-order valence-corrected chi connectivity index (χ3v) is 13.4. The highest BCUT2D eigenvalue weighted by Gasteiger charge is 2.36. The van der Waals surface area contributed by atoms with Crippen LogP contribution < -0.4 is 0 Å². The number of aldehydes is 1. The highest BCUT2D eigenvalue weighted by Crippen LogP contribution is 2.41. The number of carbonyl (C=O) groups is 1. The van der Waals surface area contributed by atoms with Gasteiger partial charge in [-0.05, 0) is 112 Å². The molecule has 60 heavy (non-hydrogen) atoms. The Labute approximate surface area is 402 Å². The molecule has 4 aromatic rings. The average Bonchev–Trinajstić information content (AvgIpc) is 3.26. The van der Waals surface area contributed by atoms with Crippen molar-refractivity contribution in [2.24, 2.45) is 0 Å². The van der Waals surface area contributed by atoms with Gasteiger partial charge in [0, 0.05) is 36.1 Å². The Morgan fingerprint density at radius 2 is 0.750 bits per heavy atom. The quantitative estimate of drug-likeness (QED) is 0.0775. The van der Waals surface area contributed by atoms with Gasteiger partial charge in [0.05, 0.1) is 11.4 Å². The first-order valence-corrected chi connectivity index (χ1v) is 22.4. The molecular weight excluding hydrogens is 964 g/mol. The van der Waals surface area contributed by atoms with E-state index in [0.717, 1.165) is 88.7 Å². The number of aromatic nitrogens is 4. The van der Waals surface area contributed by atoms with Crippen LogP contribution in [0.15, 0.2) is 73.1 Å². The Kier molecular flexibility index (Phi) is 29.8. The molecule has 0 fully saturated rings. The fraction of sp³-hybridized carbons (Fsp3) is 0.596. The van der Waals surface area contributed by atoms with E-state index in [0.29, 0.717) is 0 Å². The second kappa shape index (κ2) is 29.9. The Hall–Kier alpha value is -2.31. The number of hydrogen-bond acceptors (Lipinski definition) is 6. The first kappa shape index (κ1) is 59.8. The number of rotatable bonds is 17. The van der Waals surface area contributed by atoms with Gasteiger partial charge in [0.25, 0.3) is 0 Å². The molecule has 0 unspecified atom stereocenters. The summed E-state index contributed by atoms with van der Waals surface area (Å²) >= 11 is 0. The van der Waals surface area contributed by atoms with E-state index in [1.165, 1.54) is 40.6 Å². The molecule has 2 aromatic heterocycles. The molecule has 338 valence electrons. The van der Waals surface area contributed by atoms with Crippen LogP contribution in [0.2, 0.25) is 0 Å². The second-order valence-corrected chi connectivity index (χ2v) is 17.1. The van der Waals surface area contributed by atoms with Crippen LogP contribution in [0, 0.1) is 0 Å². The second-order valence-electron chi connectivity index (χ2n) is 17.1. The summed E-state index contributed by atoms with van der Waals surface area (Å²) < 4.78 is 0. The first-order chi connectivity index (χ1) is 27.5. The van der Waals surface area contributed by atoms with Crippen molar-refractivity contribution >= 4 is 54.2 Å². The molecule has 8 heteroatoms. The minimum absolute atomic E-state index is 0. The highest BCUT2D eigenvalue weighted by molar-refractivity contribution is 14.0. The molecule has 0 bridgehead atoms. The Bertz CT molecular complexity index is 1590. The van der Waals surface area contributed by atoms with Crippen LogP contribution in [0.25, 0.3) is 0 Å². The lowest BCUT2D eigenvalue weighted by Crippen LogP contribution is -2.31. The molecule has 0 atom stereocenters. The summed E-state index contributed by atoms with van der Waals surface area (Å²) in [6.45, 7) is 32.4. The maximum Gasteiger partial charge on any atom is 0.132 e. The van der Waals surface area contributed by atoms with E-state index in [9.17, 15) is 0 Å². The maximum absolute atomic E-state index is 8.81. The van der Waals surface area contributed by atoms with Crippen molar-refractivity contribution < 1.29 is 4.79 Å². The van der Waals surface area contributed by atoms with E-state index < -0.39 is 0 Å². The summed E-state index contributed by atoms with van der Waals surface area (Å²) in [5.74, 6) is 1.88. The molecule has 0 aliphatic carbocycles. The van der Waals surface area contributed by atoms with Gasteiger partial charge < -0.3 is 9.69 Å². The summed E-state index contributed by atoms with van der Waals surface area (Å²) in [7, 11) is 4.11. The van der Waals surface area contributed by atoms with Gasteiger partial charge in [-0.2, -0.15) is 0 Å². The fourth-order valence-electron chi connectivity index (χ4n) is 6.80. The van der Waals surface area contributed by atoms with E-state index in [1.54, 1.807) is 0 Å². The summed E-state index contributed by atoms with van der Waals surface area (Å²) in [5.41, 5.74) is 8.27. The molecule has 6 nitrogen and oxygen atoms in total. The Morgan fingerprint density at radius 3 is 0.967 bits per heavy atom. The zero-order valence-corrected chi connectivity index (χ0v) is 45.4. The molecule has 2 aromatic carbocycles. The average molecular weight is 1050 g/mol. The predicted octanol–water partition coefficient (Wildman–Crippen LogP) is 14.5. The largest absolute Gasteiger partial charge is 0.310 e. The van der Waals surface area contributed by atoms with Gasteiger partial charge in [-0.3, -0.25) is 0 Å². The number of benzene rings is 2. The van der Waals surface area contributed by atoms with Gasteiger partial charge in [0.1, 0.15) is 17.9 Å². The minimum Gasteiger partial charge on any atom is -0.310 e. The van der Waals surface area contributed by atoms with Crippen molar-refractivity contribution in [1.82, 2.24) is 24.8 Å². The normalized spacial score (nSPS) is 11.3. The molecule has 0 saturated carbocycles. The maximum atomic E-state index is 8.81. The standard InChI is InChI=1S/2C23H34N2.C4H11N.C2H4O.2HI/c2*1-7-22(5,8-2)19-17-24-20(16-18-14-12-11-13-15-18)25-21(19)23(6,9-3)10-4;1-4-5(2)3;1-2-3;;/h2*11-15,17H,7-10,16H2,1-6H3;4H2,1-3H3;2H,1H3;2*1H. The molecule has 0 radical (unpaired) electrons. The topological polar surface area (TPSA) is 71.9 Å². The van der Waals surface area contributed by atoms with Gasteiger partial charge in [0.15, 0.2) is 0 Å². The zero-order chi connectivity index (χ0) is 44.0. The van der Waals surface area contributed by atoms with Gasteiger partial charge >= 0.3 is 0 Å². The van der Waals surface area contributed by atoms with Crippen LogP contribution >= 0.6 is 48.0 Å². The van der Waals surface area contributed by atoms with Gasteiger partial charge in [-0.15, -0.1) is 48.0 Å². The van der Waals surface area contributed by atoms with Crippen molar-refractivity contribution in [3.63, 3.8) is 0 Å². The van der Waals surface area contributed by atoms with Crippen molar-refractivity contribution in [3.05, 3.63) is 118 Å². The van der Waals surface area contributed by atoms with E-state index >= 15 is 0 Å². The van der Waals surface area contributed by atoms with E-state index in [2.05, 4.69) is 182 Å². The van der Waals surface area contributed by atoms with E-state index in [4.69, 9.17) is 24.7 Å². The molecule has 0 spiro atoms. The lowest BCUT2D eigenvalue weighted by atomic mass is 9.70. The zero-order valence-electron chi connectivity index (χ0n) is 40.7. The van der Waals surface area contributed by atoms with Crippen LogP contribution in [-0.2, 0) is 39.3 Å².